The van der Waals surface area contributed by atoms with E-state index in [9.17, 15) is 0 Å². The van der Waals surface area contributed by atoms with Crippen molar-refractivity contribution < 1.29 is 9.84 Å². The lowest BCUT2D eigenvalue weighted by Gasteiger charge is -2.10. The number of aliphatic hydroxyl groups is 1. The van der Waals surface area contributed by atoms with Crippen molar-refractivity contribution in [2.45, 2.75) is 19.6 Å². The van der Waals surface area contributed by atoms with Crippen molar-refractivity contribution in [3.05, 3.63) is 18.2 Å². The van der Waals surface area contributed by atoms with E-state index in [2.05, 4.69) is 4.98 Å². The lowest BCUT2D eigenvalue weighted by atomic mass is 10.1. The first-order valence-corrected chi connectivity index (χ1v) is 4.59. The van der Waals surface area contributed by atoms with Crippen molar-refractivity contribution in [3.8, 4) is 0 Å². The molecular weight excluding hydrogens is 168 g/mol. The lowest BCUT2D eigenvalue weighted by Crippen LogP contribution is -2.12. The molecule has 2 rings (SSSR count). The van der Waals surface area contributed by atoms with Gasteiger partial charge in [-0.25, -0.2) is 4.98 Å². The minimum absolute atomic E-state index is 0.0145. The summed E-state index contributed by atoms with van der Waals surface area (Å²) in [6.07, 6.45) is 4.74. The van der Waals surface area contributed by atoms with Gasteiger partial charge in [0.2, 0.25) is 0 Å². The van der Waals surface area contributed by atoms with Crippen LogP contribution in [0.4, 0.5) is 0 Å². The normalized spacial score (nSPS) is 22.4. The minimum atomic E-state index is 0.0145. The van der Waals surface area contributed by atoms with Gasteiger partial charge >= 0.3 is 0 Å². The first-order chi connectivity index (χ1) is 6.40. The van der Waals surface area contributed by atoms with Gasteiger partial charge in [-0.1, -0.05) is 0 Å². The molecule has 1 aromatic heterocycles. The smallest absolute Gasteiger partial charge is 0.134 e. The van der Waals surface area contributed by atoms with Crippen LogP contribution in [-0.4, -0.2) is 27.9 Å². The molecule has 0 saturated carbocycles. The number of hydrogen-bond acceptors (Lipinski definition) is 3. The van der Waals surface area contributed by atoms with E-state index in [0.29, 0.717) is 5.92 Å². The van der Waals surface area contributed by atoms with Gasteiger partial charge in [0.25, 0.3) is 0 Å². The highest BCUT2D eigenvalue weighted by Gasteiger charge is 2.16. The fourth-order valence-electron chi connectivity index (χ4n) is 1.66. The Morgan fingerprint density at radius 1 is 1.69 bits per heavy atom. The summed E-state index contributed by atoms with van der Waals surface area (Å²) in [7, 11) is 0. The topological polar surface area (TPSA) is 47.3 Å². The Morgan fingerprint density at radius 2 is 2.62 bits per heavy atom. The van der Waals surface area contributed by atoms with E-state index in [1.165, 1.54) is 0 Å². The van der Waals surface area contributed by atoms with E-state index in [0.717, 1.165) is 32.0 Å². The van der Waals surface area contributed by atoms with Crippen LogP contribution in [0.5, 0.6) is 0 Å². The molecule has 0 amide bonds. The predicted molar refractivity (Wildman–Crippen MR) is 47.1 cm³/mol. The van der Waals surface area contributed by atoms with Crippen molar-refractivity contribution in [1.29, 1.82) is 0 Å². The summed E-state index contributed by atoms with van der Waals surface area (Å²) in [5.41, 5.74) is 0. The number of nitrogens with zero attached hydrogens (tertiary/aromatic N) is 2. The molecule has 1 saturated heterocycles. The van der Waals surface area contributed by atoms with Gasteiger partial charge in [0.1, 0.15) is 12.4 Å². The zero-order valence-corrected chi connectivity index (χ0v) is 7.52. The van der Waals surface area contributed by atoms with Gasteiger partial charge in [0.15, 0.2) is 0 Å². The molecule has 1 aliphatic heterocycles. The Balaban J connectivity index is 1.99. The number of aromatic nitrogens is 2. The molecule has 72 valence electrons. The number of ether oxygens (including phenoxy) is 1. The molecule has 0 aromatic carbocycles. The predicted octanol–water partition coefficient (Wildman–Crippen LogP) is 0.412. The first-order valence-electron chi connectivity index (χ1n) is 4.59. The van der Waals surface area contributed by atoms with Gasteiger partial charge in [0, 0.05) is 31.5 Å². The number of rotatable bonds is 3. The maximum Gasteiger partial charge on any atom is 0.134 e. The Kier molecular flexibility index (Phi) is 2.61. The van der Waals surface area contributed by atoms with Crippen LogP contribution in [0.1, 0.15) is 12.2 Å². The molecule has 1 fully saturated rings. The van der Waals surface area contributed by atoms with Crippen molar-refractivity contribution in [1.82, 2.24) is 9.55 Å². The molecule has 1 N–H and O–H groups in total. The number of aliphatic hydroxyl groups excluding tert-OH is 1. The van der Waals surface area contributed by atoms with Crippen LogP contribution < -0.4 is 0 Å². The second kappa shape index (κ2) is 3.89. The zero-order valence-electron chi connectivity index (χ0n) is 7.52. The van der Waals surface area contributed by atoms with Crippen molar-refractivity contribution in [3.63, 3.8) is 0 Å². The summed E-state index contributed by atoms with van der Waals surface area (Å²) in [6.45, 7) is 2.63. The molecule has 1 aromatic rings. The number of imidazole rings is 1. The Hall–Kier alpha value is -0.870. The van der Waals surface area contributed by atoms with E-state index in [4.69, 9.17) is 9.84 Å². The number of hydrogen-bond donors (Lipinski definition) is 1. The van der Waals surface area contributed by atoms with Gasteiger partial charge in [-0.3, -0.25) is 0 Å². The summed E-state index contributed by atoms with van der Waals surface area (Å²) in [6, 6.07) is 0. The molecule has 0 bridgehead atoms. The maximum atomic E-state index is 8.97. The standard InChI is InChI=1S/C9H14N2O2/c12-6-9-10-2-3-11(9)5-8-1-4-13-7-8/h2-3,8,12H,1,4-7H2. The SMILES string of the molecule is OCc1nccn1CC1CCOC1. The van der Waals surface area contributed by atoms with Crippen LogP contribution in [0.2, 0.25) is 0 Å². The average Bonchev–Trinajstić information content (AvgIpc) is 2.76. The van der Waals surface area contributed by atoms with Crippen LogP contribution >= 0.6 is 0 Å². The van der Waals surface area contributed by atoms with Gasteiger partial charge in [-0.15, -0.1) is 0 Å². The molecular formula is C9H14N2O2. The monoisotopic (exact) mass is 182 g/mol. The molecule has 2 heterocycles. The third-order valence-electron chi connectivity index (χ3n) is 2.42. The van der Waals surface area contributed by atoms with E-state index < -0.39 is 0 Å². The summed E-state index contributed by atoms with van der Waals surface area (Å²) < 4.78 is 7.28. The summed E-state index contributed by atoms with van der Waals surface area (Å²) in [5.74, 6) is 1.33. The van der Waals surface area contributed by atoms with E-state index >= 15 is 0 Å². The molecule has 0 radical (unpaired) electrons. The molecule has 13 heavy (non-hydrogen) atoms. The third-order valence-corrected chi connectivity index (χ3v) is 2.42. The van der Waals surface area contributed by atoms with Crippen molar-refractivity contribution >= 4 is 0 Å². The van der Waals surface area contributed by atoms with Crippen molar-refractivity contribution in [2.75, 3.05) is 13.2 Å². The lowest BCUT2D eigenvalue weighted by molar-refractivity contribution is 0.181. The second-order valence-electron chi connectivity index (χ2n) is 3.38. The van der Waals surface area contributed by atoms with E-state index in [1.54, 1.807) is 6.20 Å². The van der Waals surface area contributed by atoms with E-state index in [-0.39, 0.29) is 6.61 Å². The Labute approximate surface area is 77.2 Å². The van der Waals surface area contributed by atoms with Crippen LogP contribution in [-0.2, 0) is 17.9 Å². The fourth-order valence-corrected chi connectivity index (χ4v) is 1.66. The Morgan fingerprint density at radius 3 is 3.31 bits per heavy atom. The maximum absolute atomic E-state index is 8.97. The second-order valence-corrected chi connectivity index (χ2v) is 3.38. The van der Waals surface area contributed by atoms with Crippen molar-refractivity contribution in [2.24, 2.45) is 5.92 Å². The zero-order chi connectivity index (χ0) is 9.10. The van der Waals surface area contributed by atoms with Gasteiger partial charge in [-0.2, -0.15) is 0 Å². The molecule has 1 unspecified atom stereocenters. The summed E-state index contributed by atoms with van der Waals surface area (Å²) in [5, 5.41) is 8.97. The van der Waals surface area contributed by atoms with Gasteiger partial charge in [0.05, 0.1) is 6.61 Å². The minimum Gasteiger partial charge on any atom is -0.388 e. The van der Waals surface area contributed by atoms with Crippen LogP contribution in [0, 0.1) is 5.92 Å². The Bertz CT molecular complexity index is 266. The quantitative estimate of drug-likeness (QED) is 0.736. The first kappa shape index (κ1) is 8.72. The summed E-state index contributed by atoms with van der Waals surface area (Å²) in [4.78, 5) is 4.05. The van der Waals surface area contributed by atoms with Gasteiger partial charge in [-0.05, 0) is 6.42 Å². The molecule has 0 aliphatic carbocycles. The third kappa shape index (κ3) is 1.89. The van der Waals surface area contributed by atoms with Gasteiger partial charge < -0.3 is 14.4 Å². The van der Waals surface area contributed by atoms with Crippen LogP contribution in [0.15, 0.2) is 12.4 Å². The highest BCUT2D eigenvalue weighted by Crippen LogP contribution is 2.15. The molecule has 1 aliphatic rings. The fraction of sp³-hybridized carbons (Fsp3) is 0.667. The highest BCUT2D eigenvalue weighted by atomic mass is 16.5. The molecule has 4 nitrogen and oxygen atoms in total. The van der Waals surface area contributed by atoms with Crippen LogP contribution in [0.3, 0.4) is 0 Å². The van der Waals surface area contributed by atoms with E-state index in [1.807, 2.05) is 10.8 Å². The molecule has 4 heteroatoms. The molecule has 1 atom stereocenters. The highest BCUT2D eigenvalue weighted by molar-refractivity contribution is 4.90. The van der Waals surface area contributed by atoms with Crippen LogP contribution in [0.25, 0.3) is 0 Å². The molecule has 0 spiro atoms. The average molecular weight is 182 g/mol. The summed E-state index contributed by atoms with van der Waals surface area (Å²) >= 11 is 0. The largest absolute Gasteiger partial charge is 0.388 e.